The molecule has 3 N–H and O–H groups in total. The molecule has 0 saturated carbocycles. The minimum absolute atomic E-state index is 0.0597. The molecule has 7 rings (SSSR count). The van der Waals surface area contributed by atoms with Crippen LogP contribution in [-0.4, -0.2) is 42.2 Å². The number of amides is 1. The van der Waals surface area contributed by atoms with Crippen molar-refractivity contribution >= 4 is 27.7 Å². The van der Waals surface area contributed by atoms with Crippen molar-refractivity contribution in [2.24, 2.45) is 4.99 Å². The second-order valence-corrected chi connectivity index (χ2v) is 14.9. The monoisotopic (exact) mass is 839 g/mol. The Morgan fingerprint density at radius 1 is 0.707 bits per heavy atom. The summed E-state index contributed by atoms with van der Waals surface area (Å²) in [5.41, 5.74) is 10.4. The van der Waals surface area contributed by atoms with Crippen molar-refractivity contribution in [3.8, 4) is 17.2 Å². The number of carbonyl (C=O) groups excluding carboxylic acids is 1. The topological polar surface area (TPSA) is 111 Å². The number of ether oxygens (including phenoxy) is 4. The van der Waals surface area contributed by atoms with Crippen LogP contribution in [-0.2, 0) is 35.6 Å². The molecule has 1 aliphatic heterocycles. The number of carbonyl (C=O) groups is 1. The summed E-state index contributed by atoms with van der Waals surface area (Å²) in [6.07, 6.45) is 0.702. The SMILES string of the molecule is O=C(NNCCc1ccc(OCc2ccccc2)c(OCc2ccccc2)c1)[C@@]1(Cc2ccc(Br)cc2)N=C(c2ccc(OCCCO)cc2)O[C@H]1c1ccccc1. The van der Waals surface area contributed by atoms with E-state index in [1.54, 1.807) is 0 Å². The number of aliphatic hydroxyl groups is 1. The number of aliphatic imine (C=N–C) groups is 1. The van der Waals surface area contributed by atoms with Crippen LogP contribution in [0.1, 0.15) is 45.9 Å². The molecular formula is C48H46BrN3O6. The van der Waals surface area contributed by atoms with Crippen LogP contribution < -0.4 is 25.1 Å². The van der Waals surface area contributed by atoms with E-state index in [2.05, 4.69) is 26.8 Å². The largest absolute Gasteiger partial charge is 0.494 e. The molecule has 0 radical (unpaired) electrons. The van der Waals surface area contributed by atoms with E-state index in [0.717, 1.165) is 37.9 Å². The minimum atomic E-state index is -1.36. The first kappa shape index (κ1) is 40.3. The maximum Gasteiger partial charge on any atom is 0.266 e. The van der Waals surface area contributed by atoms with Crippen molar-refractivity contribution < 1.29 is 28.8 Å². The van der Waals surface area contributed by atoms with Crippen molar-refractivity contribution in [1.29, 1.82) is 0 Å². The van der Waals surface area contributed by atoms with E-state index in [9.17, 15) is 4.79 Å². The van der Waals surface area contributed by atoms with E-state index >= 15 is 0 Å². The first-order valence-electron chi connectivity index (χ1n) is 19.4. The van der Waals surface area contributed by atoms with E-state index in [1.165, 1.54) is 0 Å². The summed E-state index contributed by atoms with van der Waals surface area (Å²) < 4.78 is 25.9. The van der Waals surface area contributed by atoms with Crippen LogP contribution in [0, 0.1) is 0 Å². The Morgan fingerprint density at radius 3 is 1.98 bits per heavy atom. The molecule has 0 spiro atoms. The number of halogens is 1. The third-order valence-electron chi connectivity index (χ3n) is 9.74. The summed E-state index contributed by atoms with van der Waals surface area (Å²) in [6, 6.07) is 51.1. The highest BCUT2D eigenvalue weighted by molar-refractivity contribution is 9.10. The van der Waals surface area contributed by atoms with Crippen LogP contribution in [0.25, 0.3) is 0 Å². The first-order valence-corrected chi connectivity index (χ1v) is 20.2. The molecule has 296 valence electrons. The number of rotatable bonds is 19. The van der Waals surface area contributed by atoms with E-state index in [4.69, 9.17) is 29.0 Å². The lowest BCUT2D eigenvalue weighted by molar-refractivity contribution is -0.130. The molecule has 1 heterocycles. The van der Waals surface area contributed by atoms with Crippen LogP contribution in [0.3, 0.4) is 0 Å². The van der Waals surface area contributed by atoms with Gasteiger partial charge in [-0.3, -0.25) is 10.2 Å². The molecule has 10 heteroatoms. The van der Waals surface area contributed by atoms with Gasteiger partial charge in [0.1, 0.15) is 19.0 Å². The highest BCUT2D eigenvalue weighted by Gasteiger charge is 2.53. The van der Waals surface area contributed by atoms with Crippen molar-refractivity contribution in [2.45, 2.75) is 44.1 Å². The summed E-state index contributed by atoms with van der Waals surface area (Å²) in [7, 11) is 0. The van der Waals surface area contributed by atoms with Crippen molar-refractivity contribution in [2.75, 3.05) is 19.8 Å². The van der Waals surface area contributed by atoms with Gasteiger partial charge in [0.25, 0.3) is 5.91 Å². The first-order chi connectivity index (χ1) is 28.5. The van der Waals surface area contributed by atoms with Gasteiger partial charge in [0.2, 0.25) is 5.90 Å². The second-order valence-electron chi connectivity index (χ2n) is 14.0. The van der Waals surface area contributed by atoms with Crippen molar-refractivity contribution in [1.82, 2.24) is 10.9 Å². The normalized spacial score (nSPS) is 15.9. The molecule has 1 amide bonds. The Kier molecular flexibility index (Phi) is 13.9. The maximum absolute atomic E-state index is 14.7. The number of hydrogen-bond acceptors (Lipinski definition) is 8. The van der Waals surface area contributed by atoms with Crippen LogP contribution in [0.4, 0.5) is 0 Å². The highest BCUT2D eigenvalue weighted by atomic mass is 79.9. The lowest BCUT2D eigenvalue weighted by Gasteiger charge is -2.31. The molecule has 0 bridgehead atoms. The Hall–Kier alpha value is -5.94. The summed E-state index contributed by atoms with van der Waals surface area (Å²) in [5.74, 6) is 2.02. The van der Waals surface area contributed by atoms with E-state index in [-0.39, 0.29) is 18.9 Å². The second kappa shape index (κ2) is 20.0. The predicted molar refractivity (Wildman–Crippen MR) is 229 cm³/mol. The summed E-state index contributed by atoms with van der Waals surface area (Å²) in [4.78, 5) is 19.8. The Balaban J connectivity index is 1.10. The molecule has 2 atom stereocenters. The van der Waals surface area contributed by atoms with Gasteiger partial charge in [0.05, 0.1) is 6.61 Å². The predicted octanol–water partition coefficient (Wildman–Crippen LogP) is 8.73. The number of aliphatic hydroxyl groups excluding tert-OH is 1. The standard InChI is InChI=1S/C48H46BrN3O6/c49-41-22-17-36(18-23-41)32-48(45(39-15-8-3-9-16-39)58-46(51-48)40-20-24-42(25-21-40)55-30-10-29-53)47(54)52-50-28-27-35-19-26-43(56-33-37-11-4-1-5-12-37)44(31-35)57-34-38-13-6-2-7-14-38/h1-9,11-26,31,45,50,53H,10,27-30,32-34H2,(H,52,54)/t45-,48-/m0/s1. The zero-order valence-corrected chi connectivity index (χ0v) is 33.6. The Labute approximate surface area is 347 Å². The quantitative estimate of drug-likeness (QED) is 0.0553. The number of hydrazine groups is 1. The van der Waals surface area contributed by atoms with Crippen LogP contribution in [0.5, 0.6) is 17.2 Å². The zero-order valence-electron chi connectivity index (χ0n) is 32.1. The molecule has 1 aliphatic rings. The number of nitrogens with zero attached hydrogens (tertiary/aromatic N) is 1. The smallest absolute Gasteiger partial charge is 0.266 e. The maximum atomic E-state index is 14.7. The van der Waals surface area contributed by atoms with Gasteiger partial charge in [0, 0.05) is 36.0 Å². The molecule has 6 aromatic carbocycles. The molecule has 6 aromatic rings. The summed E-state index contributed by atoms with van der Waals surface area (Å²) in [5, 5.41) is 9.14. The van der Waals surface area contributed by atoms with Crippen LogP contribution in [0.2, 0.25) is 0 Å². The van der Waals surface area contributed by atoms with Crippen molar-refractivity contribution in [3.05, 3.63) is 196 Å². The average Bonchev–Trinajstić information content (AvgIpc) is 3.66. The molecule has 9 nitrogen and oxygen atoms in total. The zero-order chi connectivity index (χ0) is 40.0. The molecule has 0 aromatic heterocycles. The number of benzene rings is 6. The molecule has 0 aliphatic carbocycles. The summed E-state index contributed by atoms with van der Waals surface area (Å²) >= 11 is 3.54. The van der Waals surface area contributed by atoms with Gasteiger partial charge in [-0.05, 0) is 82.8 Å². The lowest BCUT2D eigenvalue weighted by atomic mass is 9.82. The van der Waals surface area contributed by atoms with Gasteiger partial charge in [-0.2, -0.15) is 0 Å². The molecule has 0 unspecified atom stereocenters. The summed E-state index contributed by atoms with van der Waals surface area (Å²) in [6.45, 7) is 1.72. The fourth-order valence-electron chi connectivity index (χ4n) is 6.69. The van der Waals surface area contributed by atoms with Gasteiger partial charge < -0.3 is 24.1 Å². The minimum Gasteiger partial charge on any atom is -0.494 e. The third kappa shape index (κ3) is 10.5. The van der Waals surface area contributed by atoms with Gasteiger partial charge in [-0.15, -0.1) is 0 Å². The van der Waals surface area contributed by atoms with Crippen molar-refractivity contribution in [3.63, 3.8) is 0 Å². The fraction of sp³-hybridized carbons (Fsp3) is 0.208. The Bertz CT molecular complexity index is 2240. The third-order valence-corrected chi connectivity index (χ3v) is 10.3. The fourth-order valence-corrected chi connectivity index (χ4v) is 6.96. The van der Waals surface area contributed by atoms with Crippen LogP contribution >= 0.6 is 15.9 Å². The lowest BCUT2D eigenvalue weighted by Crippen LogP contribution is -2.54. The Morgan fingerprint density at radius 2 is 1.33 bits per heavy atom. The van der Waals surface area contributed by atoms with Gasteiger partial charge in [0.15, 0.2) is 23.1 Å². The average molecular weight is 841 g/mol. The van der Waals surface area contributed by atoms with Gasteiger partial charge in [-0.25, -0.2) is 10.4 Å². The van der Waals surface area contributed by atoms with E-state index < -0.39 is 11.6 Å². The molecular weight excluding hydrogens is 794 g/mol. The van der Waals surface area contributed by atoms with E-state index in [1.807, 2.05) is 158 Å². The highest BCUT2D eigenvalue weighted by Crippen LogP contribution is 2.42. The molecule has 0 fully saturated rings. The molecule has 0 saturated heterocycles. The van der Waals surface area contributed by atoms with Crippen LogP contribution in [0.15, 0.2) is 167 Å². The number of hydrogen-bond donors (Lipinski definition) is 3. The molecule has 58 heavy (non-hydrogen) atoms. The van der Waals surface area contributed by atoms with E-state index in [0.29, 0.717) is 62.4 Å². The number of nitrogens with one attached hydrogen (secondary N) is 2. The van der Waals surface area contributed by atoms with Gasteiger partial charge in [-0.1, -0.05) is 125 Å². The van der Waals surface area contributed by atoms with Gasteiger partial charge >= 0.3 is 0 Å².